The molecule has 0 heterocycles. The highest BCUT2D eigenvalue weighted by atomic mass is 35.5. The van der Waals surface area contributed by atoms with E-state index in [9.17, 15) is 13.2 Å². The van der Waals surface area contributed by atoms with Crippen LogP contribution in [0.25, 0.3) is 0 Å². The number of amides is 1. The molecule has 1 N–H and O–H groups in total. The van der Waals surface area contributed by atoms with Crippen molar-refractivity contribution in [2.45, 2.75) is 32.6 Å². The molecule has 0 saturated carbocycles. The van der Waals surface area contributed by atoms with Crippen molar-refractivity contribution in [2.75, 3.05) is 25.0 Å². The number of anilines is 1. The molecule has 0 radical (unpaired) electrons. The third-order valence-corrected chi connectivity index (χ3v) is 6.98. The van der Waals surface area contributed by atoms with Gasteiger partial charge in [-0.1, -0.05) is 37.6 Å². The zero-order valence-corrected chi connectivity index (χ0v) is 18.0. The first kappa shape index (κ1) is 22.2. The summed E-state index contributed by atoms with van der Waals surface area (Å²) in [6.45, 7) is 7.87. The van der Waals surface area contributed by atoms with Crippen molar-refractivity contribution in [2.24, 2.45) is 0 Å². The van der Waals surface area contributed by atoms with Crippen LogP contribution in [0.15, 0.2) is 41.3 Å². The lowest BCUT2D eigenvalue weighted by Gasteiger charge is -2.19. The standard InChI is InChI=1S/C20H25ClN2O4S/c1-5-23(6-2)28(25,26)19-12-16(10-11-17(19)21)22-20(24)13-27-18-9-7-8-14(3)15(18)4/h7-12H,5-6,13H2,1-4H3,(H,22,24). The lowest BCUT2D eigenvalue weighted by atomic mass is 10.1. The average molecular weight is 425 g/mol. The van der Waals surface area contributed by atoms with Crippen LogP contribution >= 0.6 is 11.6 Å². The molecule has 0 saturated heterocycles. The van der Waals surface area contributed by atoms with Crippen molar-refractivity contribution in [1.82, 2.24) is 4.31 Å². The van der Waals surface area contributed by atoms with E-state index in [0.717, 1.165) is 11.1 Å². The molecule has 0 bridgehead atoms. The Hall–Kier alpha value is -2.09. The van der Waals surface area contributed by atoms with Crippen molar-refractivity contribution < 1.29 is 17.9 Å². The van der Waals surface area contributed by atoms with E-state index in [1.54, 1.807) is 26.0 Å². The van der Waals surface area contributed by atoms with Crippen LogP contribution in [0.2, 0.25) is 5.02 Å². The van der Waals surface area contributed by atoms with Gasteiger partial charge in [-0.05, 0) is 49.2 Å². The number of carbonyl (C=O) groups excluding carboxylic acids is 1. The topological polar surface area (TPSA) is 75.7 Å². The summed E-state index contributed by atoms with van der Waals surface area (Å²) in [6.07, 6.45) is 0. The molecule has 2 rings (SSSR count). The maximum Gasteiger partial charge on any atom is 0.262 e. The van der Waals surface area contributed by atoms with Crippen LogP contribution in [0.4, 0.5) is 5.69 Å². The molecular formula is C20H25ClN2O4S. The van der Waals surface area contributed by atoms with Crippen LogP contribution < -0.4 is 10.1 Å². The number of nitrogens with one attached hydrogen (secondary N) is 1. The summed E-state index contributed by atoms with van der Waals surface area (Å²) in [7, 11) is -3.74. The average Bonchev–Trinajstić information content (AvgIpc) is 2.65. The van der Waals surface area contributed by atoms with Gasteiger partial charge in [-0.2, -0.15) is 4.31 Å². The van der Waals surface area contributed by atoms with Gasteiger partial charge >= 0.3 is 0 Å². The largest absolute Gasteiger partial charge is 0.483 e. The van der Waals surface area contributed by atoms with Crippen LogP contribution in [0.3, 0.4) is 0 Å². The molecule has 0 aliphatic rings. The Bertz CT molecular complexity index is 957. The van der Waals surface area contributed by atoms with Gasteiger partial charge in [0.05, 0.1) is 5.02 Å². The van der Waals surface area contributed by atoms with Crippen molar-refractivity contribution in [3.63, 3.8) is 0 Å². The van der Waals surface area contributed by atoms with Crippen molar-refractivity contribution >= 4 is 33.2 Å². The fourth-order valence-electron chi connectivity index (χ4n) is 2.70. The molecule has 0 atom stereocenters. The van der Waals surface area contributed by atoms with Gasteiger partial charge in [0, 0.05) is 18.8 Å². The van der Waals surface area contributed by atoms with Crippen molar-refractivity contribution in [1.29, 1.82) is 0 Å². The number of carbonyl (C=O) groups is 1. The van der Waals surface area contributed by atoms with Crippen LogP contribution in [-0.2, 0) is 14.8 Å². The zero-order chi connectivity index (χ0) is 20.9. The van der Waals surface area contributed by atoms with Gasteiger partial charge in [0.25, 0.3) is 5.91 Å². The fourth-order valence-corrected chi connectivity index (χ4v) is 4.66. The molecule has 0 aliphatic heterocycles. The molecule has 2 aromatic carbocycles. The maximum atomic E-state index is 12.7. The Morgan fingerprint density at radius 2 is 1.82 bits per heavy atom. The van der Waals surface area contributed by atoms with Gasteiger partial charge in [-0.3, -0.25) is 4.79 Å². The second kappa shape index (κ2) is 9.41. The van der Waals surface area contributed by atoms with Gasteiger partial charge in [0.15, 0.2) is 6.61 Å². The predicted octanol–water partition coefficient (Wildman–Crippen LogP) is 4.00. The van der Waals surface area contributed by atoms with Crippen molar-refractivity contribution in [3.8, 4) is 5.75 Å². The highest BCUT2D eigenvalue weighted by molar-refractivity contribution is 7.89. The number of nitrogens with zero attached hydrogens (tertiary/aromatic N) is 1. The number of hydrogen-bond acceptors (Lipinski definition) is 4. The highest BCUT2D eigenvalue weighted by Crippen LogP contribution is 2.28. The van der Waals surface area contributed by atoms with Crippen LogP contribution in [-0.4, -0.2) is 38.3 Å². The van der Waals surface area contributed by atoms with E-state index in [4.69, 9.17) is 16.3 Å². The normalized spacial score (nSPS) is 11.5. The number of rotatable bonds is 8. The first-order chi connectivity index (χ1) is 13.2. The van der Waals surface area contributed by atoms with E-state index >= 15 is 0 Å². The second-order valence-electron chi connectivity index (χ2n) is 6.27. The molecule has 152 valence electrons. The fraction of sp³-hybridized carbons (Fsp3) is 0.350. The Morgan fingerprint density at radius 1 is 1.14 bits per heavy atom. The number of ether oxygens (including phenoxy) is 1. The molecule has 2 aromatic rings. The van der Waals surface area contributed by atoms with Gasteiger partial charge < -0.3 is 10.1 Å². The molecule has 0 aliphatic carbocycles. The summed E-state index contributed by atoms with van der Waals surface area (Å²) < 4.78 is 32.4. The summed E-state index contributed by atoms with van der Waals surface area (Å²) in [5, 5.41) is 2.76. The molecule has 0 spiro atoms. The van der Waals surface area contributed by atoms with E-state index < -0.39 is 15.9 Å². The van der Waals surface area contributed by atoms with E-state index in [-0.39, 0.29) is 16.5 Å². The quantitative estimate of drug-likeness (QED) is 0.694. The minimum Gasteiger partial charge on any atom is -0.483 e. The number of hydrogen-bond donors (Lipinski definition) is 1. The zero-order valence-electron chi connectivity index (χ0n) is 16.5. The van der Waals surface area contributed by atoms with Gasteiger partial charge in [-0.25, -0.2) is 8.42 Å². The summed E-state index contributed by atoms with van der Waals surface area (Å²) in [4.78, 5) is 12.2. The summed E-state index contributed by atoms with van der Waals surface area (Å²) >= 11 is 6.11. The Kier molecular flexibility index (Phi) is 7.46. The maximum absolute atomic E-state index is 12.7. The molecule has 0 fully saturated rings. The highest BCUT2D eigenvalue weighted by Gasteiger charge is 2.25. The SMILES string of the molecule is CCN(CC)S(=O)(=O)c1cc(NC(=O)COc2cccc(C)c2C)ccc1Cl. The summed E-state index contributed by atoms with van der Waals surface area (Å²) in [6, 6.07) is 10.0. The predicted molar refractivity (Wildman–Crippen MR) is 112 cm³/mol. The molecule has 28 heavy (non-hydrogen) atoms. The van der Waals surface area contributed by atoms with Gasteiger partial charge in [-0.15, -0.1) is 0 Å². The minimum atomic E-state index is -3.74. The number of halogens is 1. The Labute approximate surface area is 171 Å². The van der Waals surface area contributed by atoms with E-state index in [0.29, 0.717) is 24.5 Å². The number of benzene rings is 2. The third-order valence-electron chi connectivity index (χ3n) is 4.45. The van der Waals surface area contributed by atoms with Gasteiger partial charge in [0.2, 0.25) is 10.0 Å². The first-order valence-electron chi connectivity index (χ1n) is 8.99. The smallest absolute Gasteiger partial charge is 0.262 e. The lowest BCUT2D eigenvalue weighted by molar-refractivity contribution is -0.118. The lowest BCUT2D eigenvalue weighted by Crippen LogP contribution is -2.31. The monoisotopic (exact) mass is 424 g/mol. The minimum absolute atomic E-state index is 0.0360. The Balaban J connectivity index is 2.14. The molecule has 6 nitrogen and oxygen atoms in total. The van der Waals surface area contributed by atoms with Crippen LogP contribution in [0.1, 0.15) is 25.0 Å². The molecular weight excluding hydrogens is 400 g/mol. The van der Waals surface area contributed by atoms with Gasteiger partial charge in [0.1, 0.15) is 10.6 Å². The van der Waals surface area contributed by atoms with Crippen molar-refractivity contribution in [3.05, 3.63) is 52.5 Å². The third kappa shape index (κ3) is 5.04. The number of aryl methyl sites for hydroxylation is 1. The summed E-state index contributed by atoms with van der Waals surface area (Å²) in [5.41, 5.74) is 2.38. The van der Waals surface area contributed by atoms with Crippen LogP contribution in [0.5, 0.6) is 5.75 Å². The first-order valence-corrected chi connectivity index (χ1v) is 10.8. The molecule has 1 amide bonds. The molecule has 0 unspecified atom stereocenters. The molecule has 8 heteroatoms. The Morgan fingerprint density at radius 3 is 2.46 bits per heavy atom. The summed E-state index contributed by atoms with van der Waals surface area (Å²) in [5.74, 6) is 0.241. The molecule has 0 aromatic heterocycles. The second-order valence-corrected chi connectivity index (χ2v) is 8.58. The van der Waals surface area contributed by atoms with E-state index in [1.807, 2.05) is 26.0 Å². The number of sulfonamides is 1. The van der Waals surface area contributed by atoms with E-state index in [2.05, 4.69) is 5.32 Å². The van der Waals surface area contributed by atoms with Crippen LogP contribution in [0, 0.1) is 13.8 Å². The van der Waals surface area contributed by atoms with E-state index in [1.165, 1.54) is 16.4 Å².